The molecule has 0 aromatic carbocycles. The van der Waals surface area contributed by atoms with Crippen molar-refractivity contribution in [2.75, 3.05) is 5.75 Å². The summed E-state index contributed by atoms with van der Waals surface area (Å²) in [5.41, 5.74) is 3.90. The molecule has 0 saturated heterocycles. The molecule has 3 aliphatic rings. The van der Waals surface area contributed by atoms with Gasteiger partial charge in [0.2, 0.25) is 0 Å². The Labute approximate surface area is 110 Å². The van der Waals surface area contributed by atoms with E-state index in [2.05, 4.69) is 34.8 Å². The van der Waals surface area contributed by atoms with Gasteiger partial charge in [0.05, 0.1) is 5.70 Å². The molecule has 0 N–H and O–H groups in total. The summed E-state index contributed by atoms with van der Waals surface area (Å²) in [5.74, 6) is 1.08. The van der Waals surface area contributed by atoms with Crippen LogP contribution < -0.4 is 0 Å². The van der Waals surface area contributed by atoms with Crippen molar-refractivity contribution < 1.29 is 0 Å². The molecule has 0 unspecified atom stereocenters. The third-order valence-corrected chi connectivity index (χ3v) is 4.90. The van der Waals surface area contributed by atoms with Crippen molar-refractivity contribution in [2.45, 2.75) is 26.2 Å². The van der Waals surface area contributed by atoms with Crippen LogP contribution in [-0.2, 0) is 0 Å². The highest BCUT2D eigenvalue weighted by Crippen LogP contribution is 2.44. The maximum atomic E-state index is 4.28. The first-order valence-corrected chi connectivity index (χ1v) is 7.69. The largest absolute Gasteiger partial charge is 0.143 e. The Kier molecular flexibility index (Phi) is 3.25. The number of fused-ring (bicyclic) bond motifs is 1. The fourth-order valence-corrected chi connectivity index (χ4v) is 4.28. The van der Waals surface area contributed by atoms with E-state index in [0.717, 1.165) is 17.9 Å². The molecule has 0 spiro atoms. The number of allylic oxidation sites excluding steroid dienone is 5. The highest BCUT2D eigenvalue weighted by Gasteiger charge is 2.23. The van der Waals surface area contributed by atoms with Crippen molar-refractivity contribution >= 4 is 23.7 Å². The van der Waals surface area contributed by atoms with Crippen LogP contribution in [0.2, 0.25) is 0 Å². The van der Waals surface area contributed by atoms with Crippen molar-refractivity contribution in [1.82, 2.24) is 0 Å². The number of hydrogen-bond donors (Lipinski definition) is 0. The van der Waals surface area contributed by atoms with Crippen molar-refractivity contribution in [2.24, 2.45) is 9.63 Å². The van der Waals surface area contributed by atoms with E-state index in [9.17, 15) is 0 Å². The molecule has 1 aliphatic carbocycles. The van der Waals surface area contributed by atoms with E-state index in [4.69, 9.17) is 0 Å². The summed E-state index contributed by atoms with van der Waals surface area (Å²) >= 11 is 3.50. The third-order valence-electron chi connectivity index (χ3n) is 3.05. The minimum absolute atomic E-state index is 1.02. The maximum Gasteiger partial charge on any atom is 0.0899 e. The van der Waals surface area contributed by atoms with Gasteiger partial charge in [-0.1, -0.05) is 19.4 Å². The van der Waals surface area contributed by atoms with Gasteiger partial charge in [0, 0.05) is 22.6 Å². The molecular weight excluding hydrogens is 248 g/mol. The summed E-state index contributed by atoms with van der Waals surface area (Å²) in [7, 11) is 0. The lowest BCUT2D eigenvalue weighted by Crippen LogP contribution is -2.01. The maximum absolute atomic E-state index is 4.28. The number of rotatable bonds is 2. The molecule has 4 heteroatoms. The predicted octanol–water partition coefficient (Wildman–Crippen LogP) is 5.00. The summed E-state index contributed by atoms with van der Waals surface area (Å²) in [6.45, 7) is 2.23. The molecule has 0 atom stereocenters. The summed E-state index contributed by atoms with van der Waals surface area (Å²) in [6, 6.07) is 0. The Morgan fingerprint density at radius 1 is 1.35 bits per heavy atom. The molecule has 0 fully saturated rings. The van der Waals surface area contributed by atoms with Crippen LogP contribution >= 0.6 is 23.7 Å². The molecule has 17 heavy (non-hydrogen) atoms. The second kappa shape index (κ2) is 4.86. The molecule has 0 amide bonds. The smallest absolute Gasteiger partial charge is 0.0899 e. The molecule has 0 saturated carbocycles. The van der Waals surface area contributed by atoms with Crippen LogP contribution in [0.1, 0.15) is 26.2 Å². The van der Waals surface area contributed by atoms with Crippen LogP contribution in [0.3, 0.4) is 0 Å². The third kappa shape index (κ3) is 2.16. The van der Waals surface area contributed by atoms with Crippen LogP contribution in [0.25, 0.3) is 0 Å². The predicted molar refractivity (Wildman–Crippen MR) is 75.7 cm³/mol. The quantitative estimate of drug-likeness (QED) is 0.654. The molecule has 0 bridgehead atoms. The van der Waals surface area contributed by atoms with Crippen LogP contribution in [-0.4, -0.2) is 5.75 Å². The second-order valence-electron chi connectivity index (χ2n) is 4.24. The van der Waals surface area contributed by atoms with E-state index in [1.54, 1.807) is 0 Å². The van der Waals surface area contributed by atoms with Gasteiger partial charge in [0.25, 0.3) is 0 Å². The van der Waals surface area contributed by atoms with Gasteiger partial charge in [-0.05, 0) is 41.0 Å². The normalized spacial score (nSPS) is 22.5. The minimum atomic E-state index is 1.02. The Hall–Kier alpha value is -0.740. The van der Waals surface area contributed by atoms with E-state index >= 15 is 0 Å². The molecule has 88 valence electrons. The zero-order valence-corrected chi connectivity index (χ0v) is 11.4. The van der Waals surface area contributed by atoms with E-state index in [-0.39, 0.29) is 0 Å². The number of thioether (sulfide) groups is 1. The standard InChI is InChI=1S/C13H14N2S2/c1-2-4-9-7-13-11(8-16-9)10-5-3-6-12(10)14-15-17-13/h3,6-7H,2,4-5,8H2,1H3. The van der Waals surface area contributed by atoms with E-state index in [1.807, 2.05) is 11.8 Å². The lowest BCUT2D eigenvalue weighted by atomic mass is 10.0. The highest BCUT2D eigenvalue weighted by molar-refractivity contribution is 8.04. The molecule has 3 rings (SSSR count). The van der Waals surface area contributed by atoms with Gasteiger partial charge in [-0.25, -0.2) is 0 Å². The van der Waals surface area contributed by atoms with E-state index < -0.39 is 0 Å². The monoisotopic (exact) mass is 262 g/mol. The fraction of sp³-hybridized carbons (Fsp3) is 0.385. The van der Waals surface area contributed by atoms with Gasteiger partial charge in [-0.3, -0.25) is 0 Å². The Balaban J connectivity index is 1.98. The number of hydrogen-bond acceptors (Lipinski definition) is 4. The van der Waals surface area contributed by atoms with E-state index in [0.29, 0.717) is 0 Å². The molecule has 2 heterocycles. The SMILES string of the molecule is CCCC1=CC2=C(CS1)C1=C(C=CC1)N=NS2. The van der Waals surface area contributed by atoms with Gasteiger partial charge >= 0.3 is 0 Å². The number of nitrogens with zero attached hydrogens (tertiary/aromatic N) is 2. The van der Waals surface area contributed by atoms with Crippen LogP contribution in [0.4, 0.5) is 0 Å². The second-order valence-corrected chi connectivity index (χ2v) is 6.12. The van der Waals surface area contributed by atoms with Gasteiger partial charge in [-0.2, -0.15) is 0 Å². The Bertz CT molecular complexity index is 496. The van der Waals surface area contributed by atoms with Crippen molar-refractivity contribution in [3.63, 3.8) is 0 Å². The summed E-state index contributed by atoms with van der Waals surface area (Å²) in [6.07, 6.45) is 9.99. The first-order chi connectivity index (χ1) is 8.38. The zero-order valence-electron chi connectivity index (χ0n) is 9.77. The first-order valence-electron chi connectivity index (χ1n) is 5.93. The molecule has 0 aromatic rings. The van der Waals surface area contributed by atoms with Crippen LogP contribution in [0, 0.1) is 0 Å². The molecular formula is C13H14N2S2. The molecule has 0 radical (unpaired) electrons. The van der Waals surface area contributed by atoms with Crippen molar-refractivity contribution in [3.8, 4) is 0 Å². The van der Waals surface area contributed by atoms with Crippen LogP contribution in [0.15, 0.2) is 54.5 Å². The minimum Gasteiger partial charge on any atom is -0.143 e. The van der Waals surface area contributed by atoms with Gasteiger partial charge < -0.3 is 0 Å². The van der Waals surface area contributed by atoms with Gasteiger partial charge in [-0.15, -0.1) is 21.4 Å². The highest BCUT2D eigenvalue weighted by atomic mass is 32.2. The van der Waals surface area contributed by atoms with E-state index in [1.165, 1.54) is 45.7 Å². The molecule has 2 nitrogen and oxygen atoms in total. The summed E-state index contributed by atoms with van der Waals surface area (Å²) in [4.78, 5) is 2.80. The topological polar surface area (TPSA) is 24.7 Å². The lowest BCUT2D eigenvalue weighted by Gasteiger charge is -2.18. The average molecular weight is 262 g/mol. The van der Waals surface area contributed by atoms with Gasteiger partial charge in [0.15, 0.2) is 0 Å². The fourth-order valence-electron chi connectivity index (χ4n) is 2.19. The summed E-state index contributed by atoms with van der Waals surface area (Å²) < 4.78 is 4.21. The average Bonchev–Trinajstić information content (AvgIpc) is 2.72. The van der Waals surface area contributed by atoms with Crippen LogP contribution in [0.5, 0.6) is 0 Å². The zero-order chi connectivity index (χ0) is 11.7. The Morgan fingerprint density at radius 2 is 2.29 bits per heavy atom. The Morgan fingerprint density at radius 3 is 3.18 bits per heavy atom. The van der Waals surface area contributed by atoms with Crippen molar-refractivity contribution in [3.05, 3.63) is 44.9 Å². The lowest BCUT2D eigenvalue weighted by molar-refractivity contribution is 0.945. The molecule has 0 aromatic heterocycles. The van der Waals surface area contributed by atoms with Crippen molar-refractivity contribution in [1.29, 1.82) is 0 Å². The summed E-state index contributed by atoms with van der Waals surface area (Å²) in [5, 5.41) is 4.28. The molecule has 2 aliphatic heterocycles. The first kappa shape index (κ1) is 11.4. The van der Waals surface area contributed by atoms with Gasteiger partial charge in [0.1, 0.15) is 0 Å².